The molecule has 3 aromatic carbocycles. The van der Waals surface area contributed by atoms with Crippen LogP contribution < -0.4 is 25.2 Å². The van der Waals surface area contributed by atoms with E-state index in [1.54, 1.807) is 60.7 Å². The van der Waals surface area contributed by atoms with Crippen molar-refractivity contribution >= 4 is 43.9 Å². The number of H-pyrrole nitrogens is 1. The van der Waals surface area contributed by atoms with E-state index < -0.39 is 21.5 Å². The van der Waals surface area contributed by atoms with Crippen molar-refractivity contribution in [2.45, 2.75) is 4.90 Å². The number of pyridine rings is 1. The molecule has 1 aliphatic rings. The lowest BCUT2D eigenvalue weighted by atomic mass is 10.1. The molecular formula is C27H26N4O6S. The second-order valence-corrected chi connectivity index (χ2v) is 10.3. The summed E-state index contributed by atoms with van der Waals surface area (Å²) >= 11 is 0. The normalized spacial score (nSPS) is 13.8. The lowest BCUT2D eigenvalue weighted by Crippen LogP contribution is -2.37. The second kappa shape index (κ2) is 10.6. The van der Waals surface area contributed by atoms with Gasteiger partial charge in [0.2, 0.25) is 5.56 Å². The van der Waals surface area contributed by atoms with Crippen LogP contribution in [0.3, 0.4) is 0 Å². The maximum Gasteiger partial charge on any atom is 0.264 e. The first-order chi connectivity index (χ1) is 18.3. The number of para-hydroxylation sites is 1. The number of ether oxygens (including phenoxy) is 2. The zero-order chi connectivity index (χ0) is 26.7. The van der Waals surface area contributed by atoms with Crippen LogP contribution in [0.1, 0.15) is 10.4 Å². The largest absolute Gasteiger partial charge is 0.497 e. The molecule has 0 saturated carbocycles. The van der Waals surface area contributed by atoms with Gasteiger partial charge in [0.25, 0.3) is 15.9 Å². The van der Waals surface area contributed by atoms with Crippen LogP contribution in [0, 0.1) is 0 Å². The van der Waals surface area contributed by atoms with E-state index in [0.29, 0.717) is 54.3 Å². The van der Waals surface area contributed by atoms with Gasteiger partial charge in [-0.05, 0) is 48.5 Å². The van der Waals surface area contributed by atoms with E-state index in [4.69, 9.17) is 9.47 Å². The first-order valence-electron chi connectivity index (χ1n) is 11.9. The monoisotopic (exact) mass is 534 g/mol. The standard InChI is InChI=1S/C27H26N4O6S/c1-36-20-9-6-18(7-10-20)30-38(34,35)25-16-19(8-11-24(25)31-12-14-37-15-13-31)28-27(33)22-17-26(32)29-23-5-3-2-4-21(22)23/h2-11,16-17,30H,12-15H2,1H3,(H,28,33)(H,29,32). The molecule has 38 heavy (non-hydrogen) atoms. The molecule has 1 aromatic heterocycles. The van der Waals surface area contributed by atoms with Gasteiger partial charge in [-0.25, -0.2) is 8.42 Å². The zero-order valence-electron chi connectivity index (χ0n) is 20.6. The Hall–Kier alpha value is -4.35. The smallest absolute Gasteiger partial charge is 0.264 e. The Kier molecular flexibility index (Phi) is 7.03. The van der Waals surface area contributed by atoms with Crippen LogP contribution in [0.15, 0.2) is 82.5 Å². The number of rotatable bonds is 7. The third kappa shape index (κ3) is 5.34. The summed E-state index contributed by atoms with van der Waals surface area (Å²) in [4.78, 5) is 30.0. The maximum absolute atomic E-state index is 13.6. The van der Waals surface area contributed by atoms with Gasteiger partial charge in [0, 0.05) is 41.4 Å². The molecule has 1 saturated heterocycles. The summed E-state index contributed by atoms with van der Waals surface area (Å²) in [5.41, 5.74) is 1.43. The minimum absolute atomic E-state index is 0.00350. The van der Waals surface area contributed by atoms with Crippen molar-refractivity contribution in [3.8, 4) is 5.75 Å². The van der Waals surface area contributed by atoms with Crippen LogP contribution in [-0.4, -0.2) is 52.7 Å². The summed E-state index contributed by atoms with van der Waals surface area (Å²) in [6.45, 7) is 1.99. The number of sulfonamides is 1. The number of benzene rings is 3. The Labute approximate surface area is 219 Å². The van der Waals surface area contributed by atoms with Crippen LogP contribution in [0.5, 0.6) is 5.75 Å². The number of aromatic amines is 1. The number of anilines is 3. The number of nitrogens with one attached hydrogen (secondary N) is 3. The predicted octanol–water partition coefficient (Wildman–Crippen LogP) is 3.43. The Morgan fingerprint density at radius 1 is 0.974 bits per heavy atom. The van der Waals surface area contributed by atoms with Crippen molar-refractivity contribution in [3.63, 3.8) is 0 Å². The number of carbonyl (C=O) groups is 1. The van der Waals surface area contributed by atoms with Crippen LogP contribution in [-0.2, 0) is 14.8 Å². The number of nitrogens with zero attached hydrogens (tertiary/aromatic N) is 1. The van der Waals surface area contributed by atoms with E-state index in [0.717, 1.165) is 0 Å². The topological polar surface area (TPSA) is 130 Å². The van der Waals surface area contributed by atoms with Gasteiger partial charge in [0.05, 0.1) is 31.6 Å². The van der Waals surface area contributed by atoms with Gasteiger partial charge in [0.1, 0.15) is 10.6 Å². The van der Waals surface area contributed by atoms with Crippen LogP contribution in [0.25, 0.3) is 10.9 Å². The minimum atomic E-state index is -4.06. The molecule has 3 N–H and O–H groups in total. The molecule has 4 aromatic rings. The number of amides is 1. The van der Waals surface area contributed by atoms with E-state index >= 15 is 0 Å². The first kappa shape index (κ1) is 25.3. The summed E-state index contributed by atoms with van der Waals surface area (Å²) in [6.07, 6.45) is 0. The van der Waals surface area contributed by atoms with Gasteiger partial charge in [-0.3, -0.25) is 14.3 Å². The summed E-state index contributed by atoms with van der Waals surface area (Å²) in [7, 11) is -2.53. The van der Waals surface area contributed by atoms with Crippen molar-refractivity contribution in [1.82, 2.24) is 4.98 Å². The maximum atomic E-state index is 13.6. The highest BCUT2D eigenvalue weighted by Gasteiger charge is 2.25. The number of hydrogen-bond acceptors (Lipinski definition) is 7. The fourth-order valence-corrected chi connectivity index (χ4v) is 5.64. The molecule has 0 unspecified atom stereocenters. The van der Waals surface area contributed by atoms with E-state index in [9.17, 15) is 18.0 Å². The van der Waals surface area contributed by atoms with Gasteiger partial charge in [-0.1, -0.05) is 18.2 Å². The number of carbonyl (C=O) groups excluding carboxylic acids is 1. The predicted molar refractivity (Wildman–Crippen MR) is 146 cm³/mol. The number of morpholine rings is 1. The van der Waals surface area contributed by atoms with Crippen molar-refractivity contribution in [2.24, 2.45) is 0 Å². The molecule has 10 nitrogen and oxygen atoms in total. The average molecular weight is 535 g/mol. The summed E-state index contributed by atoms with van der Waals surface area (Å²) in [6, 6.07) is 19.4. The van der Waals surface area contributed by atoms with E-state index in [-0.39, 0.29) is 16.1 Å². The van der Waals surface area contributed by atoms with Crippen molar-refractivity contribution in [2.75, 3.05) is 48.4 Å². The van der Waals surface area contributed by atoms with Gasteiger partial charge in [-0.15, -0.1) is 0 Å². The van der Waals surface area contributed by atoms with Crippen LogP contribution in [0.4, 0.5) is 17.1 Å². The molecule has 11 heteroatoms. The molecule has 1 amide bonds. The third-order valence-electron chi connectivity index (χ3n) is 6.20. The average Bonchev–Trinajstić information content (AvgIpc) is 2.93. The quantitative estimate of drug-likeness (QED) is 0.331. The Balaban J connectivity index is 1.51. The molecule has 0 spiro atoms. The molecule has 2 heterocycles. The molecular weight excluding hydrogens is 508 g/mol. The molecule has 0 atom stereocenters. The second-order valence-electron chi connectivity index (χ2n) is 8.66. The summed E-state index contributed by atoms with van der Waals surface area (Å²) < 4.78 is 40.4. The number of methoxy groups -OCH3 is 1. The molecule has 0 bridgehead atoms. The number of hydrogen-bond donors (Lipinski definition) is 3. The fraction of sp³-hybridized carbons (Fsp3) is 0.185. The van der Waals surface area contributed by atoms with Gasteiger partial charge in [0.15, 0.2) is 0 Å². The minimum Gasteiger partial charge on any atom is -0.497 e. The van der Waals surface area contributed by atoms with E-state index in [1.807, 2.05) is 4.90 Å². The molecule has 1 aliphatic heterocycles. The SMILES string of the molecule is COc1ccc(NS(=O)(=O)c2cc(NC(=O)c3cc(=O)[nH]c4ccccc34)ccc2N2CCOCC2)cc1. The number of fused-ring (bicyclic) bond motifs is 1. The Bertz CT molecular complexity index is 1640. The molecule has 5 rings (SSSR count). The highest BCUT2D eigenvalue weighted by molar-refractivity contribution is 7.92. The summed E-state index contributed by atoms with van der Waals surface area (Å²) in [5, 5.41) is 3.33. The van der Waals surface area contributed by atoms with Gasteiger partial charge < -0.3 is 24.7 Å². The first-order valence-corrected chi connectivity index (χ1v) is 13.4. The van der Waals surface area contributed by atoms with Crippen molar-refractivity contribution in [3.05, 3.63) is 88.7 Å². The fourth-order valence-electron chi connectivity index (χ4n) is 4.33. The van der Waals surface area contributed by atoms with Crippen LogP contribution in [0.2, 0.25) is 0 Å². The molecule has 196 valence electrons. The lowest BCUT2D eigenvalue weighted by Gasteiger charge is -2.30. The lowest BCUT2D eigenvalue weighted by molar-refractivity contribution is 0.102. The van der Waals surface area contributed by atoms with Crippen LogP contribution >= 0.6 is 0 Å². The molecule has 0 radical (unpaired) electrons. The number of aromatic nitrogens is 1. The van der Waals surface area contributed by atoms with E-state index in [1.165, 1.54) is 19.2 Å². The van der Waals surface area contributed by atoms with Gasteiger partial charge >= 0.3 is 0 Å². The highest BCUT2D eigenvalue weighted by atomic mass is 32.2. The van der Waals surface area contributed by atoms with Crippen molar-refractivity contribution < 1.29 is 22.7 Å². The van der Waals surface area contributed by atoms with E-state index in [2.05, 4.69) is 15.0 Å². The van der Waals surface area contributed by atoms with Crippen molar-refractivity contribution in [1.29, 1.82) is 0 Å². The molecule has 0 aliphatic carbocycles. The Morgan fingerprint density at radius 2 is 1.68 bits per heavy atom. The zero-order valence-corrected chi connectivity index (χ0v) is 21.4. The Morgan fingerprint density at radius 3 is 2.42 bits per heavy atom. The highest BCUT2D eigenvalue weighted by Crippen LogP contribution is 2.31. The summed E-state index contributed by atoms with van der Waals surface area (Å²) in [5.74, 6) is 0.0665. The van der Waals surface area contributed by atoms with Gasteiger partial charge in [-0.2, -0.15) is 0 Å². The third-order valence-corrected chi connectivity index (χ3v) is 7.61. The molecule has 1 fully saturated rings.